The van der Waals surface area contributed by atoms with Crippen LogP contribution in [0.25, 0.3) is 0 Å². The molecule has 0 aliphatic rings. The second-order valence-corrected chi connectivity index (χ2v) is 12.4. The molecule has 0 unspecified atom stereocenters. The Morgan fingerprint density at radius 3 is 2.59 bits per heavy atom. The summed E-state index contributed by atoms with van der Waals surface area (Å²) in [5.74, 6) is 0. The lowest BCUT2D eigenvalue weighted by molar-refractivity contribution is 1.23. The van der Waals surface area contributed by atoms with Crippen LogP contribution < -0.4 is 5.19 Å². The van der Waals surface area contributed by atoms with Crippen molar-refractivity contribution in [1.29, 1.82) is 0 Å². The molecule has 0 saturated carbocycles. The van der Waals surface area contributed by atoms with Crippen molar-refractivity contribution in [1.82, 2.24) is 4.98 Å². The molecule has 1 aromatic carbocycles. The second-order valence-electron chi connectivity index (χ2n) is 5.13. The third-order valence-corrected chi connectivity index (χ3v) is 6.75. The SMILES string of the molecule is Cc1ccc([Si](C)(C)C)cc1Sc1nccs1. The number of aromatic nitrogens is 1. The van der Waals surface area contributed by atoms with Crippen molar-refractivity contribution < 1.29 is 0 Å². The second kappa shape index (κ2) is 4.96. The molecule has 0 spiro atoms. The summed E-state index contributed by atoms with van der Waals surface area (Å²) in [5.41, 5.74) is 1.34. The quantitative estimate of drug-likeness (QED) is 0.783. The molecule has 1 aromatic heterocycles. The van der Waals surface area contributed by atoms with E-state index < -0.39 is 8.07 Å². The van der Waals surface area contributed by atoms with Crippen molar-refractivity contribution in [2.24, 2.45) is 0 Å². The highest BCUT2D eigenvalue weighted by molar-refractivity contribution is 8.01. The Labute approximate surface area is 112 Å². The molecule has 0 fully saturated rings. The lowest BCUT2D eigenvalue weighted by atomic mass is 10.2. The third-order valence-electron chi connectivity index (χ3n) is 2.66. The Bertz CT molecular complexity index is 501. The highest BCUT2D eigenvalue weighted by Gasteiger charge is 2.17. The Morgan fingerprint density at radius 1 is 1.24 bits per heavy atom. The summed E-state index contributed by atoms with van der Waals surface area (Å²) in [7, 11) is -1.22. The molecule has 90 valence electrons. The fourth-order valence-electron chi connectivity index (χ4n) is 1.53. The van der Waals surface area contributed by atoms with Crippen LogP contribution in [0.3, 0.4) is 0 Å². The van der Waals surface area contributed by atoms with Gasteiger partial charge >= 0.3 is 0 Å². The summed E-state index contributed by atoms with van der Waals surface area (Å²) >= 11 is 3.48. The van der Waals surface area contributed by atoms with Gasteiger partial charge in [-0.1, -0.05) is 48.7 Å². The topological polar surface area (TPSA) is 12.9 Å². The van der Waals surface area contributed by atoms with Crippen LogP contribution in [0.5, 0.6) is 0 Å². The zero-order chi connectivity index (χ0) is 12.5. The van der Waals surface area contributed by atoms with Crippen LogP contribution in [0, 0.1) is 6.92 Å². The van der Waals surface area contributed by atoms with Crippen LogP contribution in [-0.2, 0) is 0 Å². The molecule has 0 radical (unpaired) electrons. The molecule has 4 heteroatoms. The number of benzene rings is 1. The predicted octanol–water partition coefficient (Wildman–Crippen LogP) is 4.15. The molecular weight excluding hydrogens is 262 g/mol. The van der Waals surface area contributed by atoms with E-state index in [1.54, 1.807) is 23.1 Å². The fourth-order valence-corrected chi connectivity index (χ4v) is 4.50. The normalized spacial score (nSPS) is 11.8. The maximum absolute atomic E-state index is 4.34. The van der Waals surface area contributed by atoms with E-state index in [9.17, 15) is 0 Å². The summed E-state index contributed by atoms with van der Waals surface area (Å²) in [6, 6.07) is 6.88. The van der Waals surface area contributed by atoms with Crippen molar-refractivity contribution in [3.05, 3.63) is 35.3 Å². The lowest BCUT2D eigenvalue weighted by Gasteiger charge is -2.18. The fraction of sp³-hybridized carbons (Fsp3) is 0.308. The van der Waals surface area contributed by atoms with Crippen LogP contribution in [0.4, 0.5) is 0 Å². The molecule has 0 bridgehead atoms. The van der Waals surface area contributed by atoms with Gasteiger partial charge in [-0.25, -0.2) is 4.98 Å². The number of aryl methyl sites for hydroxylation is 1. The van der Waals surface area contributed by atoms with Gasteiger partial charge in [0.25, 0.3) is 0 Å². The molecular formula is C13H17NS2Si. The Hall–Kier alpha value is -0.583. The average molecular weight is 280 g/mol. The number of thiazole rings is 1. The van der Waals surface area contributed by atoms with Gasteiger partial charge < -0.3 is 0 Å². The van der Waals surface area contributed by atoms with Crippen LogP contribution in [-0.4, -0.2) is 13.1 Å². The predicted molar refractivity (Wildman–Crippen MR) is 80.4 cm³/mol. The van der Waals surface area contributed by atoms with E-state index in [4.69, 9.17) is 0 Å². The first-order valence-electron chi connectivity index (χ1n) is 5.65. The van der Waals surface area contributed by atoms with Crippen molar-refractivity contribution in [2.75, 3.05) is 0 Å². The summed E-state index contributed by atoms with van der Waals surface area (Å²) in [6.45, 7) is 9.32. The molecule has 2 aromatic rings. The summed E-state index contributed by atoms with van der Waals surface area (Å²) < 4.78 is 1.13. The Balaban J connectivity index is 2.33. The van der Waals surface area contributed by atoms with E-state index in [0.717, 1.165) is 4.34 Å². The largest absolute Gasteiger partial charge is 0.238 e. The van der Waals surface area contributed by atoms with Crippen molar-refractivity contribution in [2.45, 2.75) is 35.8 Å². The average Bonchev–Trinajstić information content (AvgIpc) is 2.72. The summed E-state index contributed by atoms with van der Waals surface area (Å²) in [5, 5.41) is 3.54. The maximum Gasteiger partial charge on any atom is 0.154 e. The van der Waals surface area contributed by atoms with E-state index in [1.165, 1.54) is 15.6 Å². The minimum atomic E-state index is -1.22. The van der Waals surface area contributed by atoms with Crippen LogP contribution in [0.15, 0.2) is 39.0 Å². The van der Waals surface area contributed by atoms with Gasteiger partial charge in [0.1, 0.15) is 0 Å². The van der Waals surface area contributed by atoms with E-state index in [0.29, 0.717) is 0 Å². The first kappa shape index (κ1) is 12.9. The molecule has 17 heavy (non-hydrogen) atoms. The van der Waals surface area contributed by atoms with Gasteiger partial charge in [-0.05, 0) is 18.6 Å². The molecule has 0 amide bonds. The number of hydrogen-bond acceptors (Lipinski definition) is 3. The highest BCUT2D eigenvalue weighted by Crippen LogP contribution is 2.31. The van der Waals surface area contributed by atoms with E-state index in [-0.39, 0.29) is 0 Å². The molecule has 2 rings (SSSR count). The zero-order valence-corrected chi connectivity index (χ0v) is 13.3. The minimum absolute atomic E-state index is 1.13. The molecule has 0 aliphatic carbocycles. The van der Waals surface area contributed by atoms with Gasteiger partial charge in [-0.15, -0.1) is 11.3 Å². The maximum atomic E-state index is 4.34. The van der Waals surface area contributed by atoms with Gasteiger partial charge in [0, 0.05) is 16.5 Å². The van der Waals surface area contributed by atoms with E-state index >= 15 is 0 Å². The monoisotopic (exact) mass is 279 g/mol. The molecule has 0 N–H and O–H groups in total. The molecule has 1 nitrogen and oxygen atoms in total. The Morgan fingerprint density at radius 2 is 2.00 bits per heavy atom. The van der Waals surface area contributed by atoms with Crippen LogP contribution in [0.1, 0.15) is 5.56 Å². The molecule has 0 aliphatic heterocycles. The van der Waals surface area contributed by atoms with E-state index in [1.807, 2.05) is 11.6 Å². The standard InChI is InChI=1S/C13H17NS2Si/c1-10-5-6-11(17(2,3)4)9-12(10)16-13-14-7-8-15-13/h5-9H,1-4H3. The Kier molecular flexibility index (Phi) is 3.75. The summed E-state index contributed by atoms with van der Waals surface area (Å²) in [4.78, 5) is 5.68. The number of hydrogen-bond donors (Lipinski definition) is 0. The van der Waals surface area contributed by atoms with Crippen molar-refractivity contribution >= 4 is 36.4 Å². The van der Waals surface area contributed by atoms with Crippen LogP contribution in [0.2, 0.25) is 19.6 Å². The van der Waals surface area contributed by atoms with Gasteiger partial charge in [-0.3, -0.25) is 0 Å². The number of nitrogens with zero attached hydrogens (tertiary/aromatic N) is 1. The van der Waals surface area contributed by atoms with E-state index in [2.05, 4.69) is 49.7 Å². The molecule has 1 heterocycles. The van der Waals surface area contributed by atoms with Crippen molar-refractivity contribution in [3.63, 3.8) is 0 Å². The number of rotatable bonds is 3. The first-order chi connectivity index (χ1) is 7.97. The smallest absolute Gasteiger partial charge is 0.154 e. The molecule has 0 atom stereocenters. The minimum Gasteiger partial charge on any atom is -0.238 e. The van der Waals surface area contributed by atoms with Gasteiger partial charge in [0.15, 0.2) is 4.34 Å². The van der Waals surface area contributed by atoms with Gasteiger partial charge in [0.05, 0.1) is 8.07 Å². The lowest BCUT2D eigenvalue weighted by Crippen LogP contribution is -2.37. The van der Waals surface area contributed by atoms with Crippen LogP contribution >= 0.6 is 23.1 Å². The van der Waals surface area contributed by atoms with Crippen molar-refractivity contribution in [3.8, 4) is 0 Å². The third kappa shape index (κ3) is 3.21. The zero-order valence-electron chi connectivity index (χ0n) is 10.7. The van der Waals surface area contributed by atoms with Gasteiger partial charge in [-0.2, -0.15) is 0 Å². The first-order valence-corrected chi connectivity index (χ1v) is 10.8. The van der Waals surface area contributed by atoms with Gasteiger partial charge in [0.2, 0.25) is 0 Å². The molecule has 0 saturated heterocycles. The summed E-state index contributed by atoms with van der Waals surface area (Å²) in [6.07, 6.45) is 1.87. The highest BCUT2D eigenvalue weighted by atomic mass is 32.2.